The Hall–Kier alpha value is -3.14. The van der Waals surface area contributed by atoms with Gasteiger partial charge >= 0.3 is 5.97 Å². The summed E-state index contributed by atoms with van der Waals surface area (Å²) in [6, 6.07) is 7.07. The van der Waals surface area contributed by atoms with Crippen molar-refractivity contribution in [2.75, 3.05) is 26.6 Å². The average Bonchev–Trinajstić information content (AvgIpc) is 2.90. The average molecular weight is 315 g/mol. The molecule has 0 spiro atoms. The van der Waals surface area contributed by atoms with Gasteiger partial charge in [0.15, 0.2) is 5.69 Å². The smallest absolute Gasteiger partial charge is 0.357 e. The summed E-state index contributed by atoms with van der Waals surface area (Å²) < 4.78 is 17.0. The predicted molar refractivity (Wildman–Crippen MR) is 84.0 cm³/mol. The highest BCUT2D eigenvalue weighted by atomic mass is 16.5. The summed E-state index contributed by atoms with van der Waals surface area (Å²) >= 11 is 0. The van der Waals surface area contributed by atoms with Crippen molar-refractivity contribution >= 4 is 11.7 Å². The lowest BCUT2D eigenvalue weighted by atomic mass is 10.2. The van der Waals surface area contributed by atoms with Crippen LogP contribution in [-0.4, -0.2) is 31.4 Å². The number of anilines is 1. The second-order valence-electron chi connectivity index (χ2n) is 4.55. The zero-order valence-corrected chi connectivity index (χ0v) is 13.1. The molecule has 0 aliphatic rings. The predicted octanol–water partition coefficient (Wildman–Crippen LogP) is 2.13. The van der Waals surface area contributed by atoms with E-state index in [0.29, 0.717) is 17.2 Å². The molecule has 2 rings (SSSR count). The molecule has 0 aliphatic heterocycles. The van der Waals surface area contributed by atoms with Crippen LogP contribution < -0.4 is 15.2 Å². The van der Waals surface area contributed by atoms with E-state index in [1.165, 1.54) is 25.0 Å². The molecule has 1 aromatic heterocycles. The Morgan fingerprint density at radius 1 is 1.35 bits per heavy atom. The second-order valence-corrected chi connectivity index (χ2v) is 4.55. The first-order valence-electron chi connectivity index (χ1n) is 6.87. The van der Waals surface area contributed by atoms with Crippen LogP contribution in [0.15, 0.2) is 24.4 Å². The van der Waals surface area contributed by atoms with Crippen LogP contribution in [0.25, 0.3) is 5.69 Å². The number of rotatable bonds is 5. The first kappa shape index (κ1) is 16.2. The van der Waals surface area contributed by atoms with E-state index in [0.717, 1.165) is 0 Å². The van der Waals surface area contributed by atoms with Crippen LogP contribution >= 0.6 is 0 Å². The fraction of sp³-hybridized carbons (Fsp3) is 0.250. The quantitative estimate of drug-likeness (QED) is 0.848. The zero-order valence-electron chi connectivity index (χ0n) is 13.1. The SMILES string of the molecule is CCOC(=O)c1c(N)c(C#N)cn1-c1cc(OC)ccc1OC. The number of carbonyl (C=O) groups is 1. The molecule has 0 saturated heterocycles. The van der Waals surface area contributed by atoms with Crippen LogP contribution in [0.2, 0.25) is 0 Å². The molecule has 0 amide bonds. The first-order valence-corrected chi connectivity index (χ1v) is 6.87. The van der Waals surface area contributed by atoms with Gasteiger partial charge < -0.3 is 24.5 Å². The van der Waals surface area contributed by atoms with E-state index in [1.54, 1.807) is 25.1 Å². The Morgan fingerprint density at radius 2 is 2.09 bits per heavy atom. The summed E-state index contributed by atoms with van der Waals surface area (Å²) in [4.78, 5) is 12.2. The van der Waals surface area contributed by atoms with Gasteiger partial charge in [0, 0.05) is 12.3 Å². The summed E-state index contributed by atoms with van der Waals surface area (Å²) in [6.45, 7) is 1.89. The molecule has 1 aromatic carbocycles. The van der Waals surface area contributed by atoms with Crippen LogP contribution in [0, 0.1) is 11.3 Å². The van der Waals surface area contributed by atoms with Crippen LogP contribution in [-0.2, 0) is 4.74 Å². The molecule has 1 heterocycles. The molecular formula is C16H17N3O4. The van der Waals surface area contributed by atoms with E-state index >= 15 is 0 Å². The van der Waals surface area contributed by atoms with E-state index in [4.69, 9.17) is 19.9 Å². The molecule has 0 bridgehead atoms. The highest BCUT2D eigenvalue weighted by molar-refractivity contribution is 5.96. The van der Waals surface area contributed by atoms with E-state index in [2.05, 4.69) is 0 Å². The Bertz CT molecular complexity index is 774. The third kappa shape index (κ3) is 2.92. The van der Waals surface area contributed by atoms with Crippen molar-refractivity contribution in [3.05, 3.63) is 35.7 Å². The molecule has 0 fully saturated rings. The number of nitrogens with two attached hydrogens (primary N) is 1. The first-order chi connectivity index (χ1) is 11.1. The number of ether oxygens (including phenoxy) is 3. The third-order valence-electron chi connectivity index (χ3n) is 3.28. The summed E-state index contributed by atoms with van der Waals surface area (Å²) in [7, 11) is 3.04. The summed E-state index contributed by atoms with van der Waals surface area (Å²) in [5.41, 5.74) is 6.77. The molecule has 0 atom stereocenters. The summed E-state index contributed by atoms with van der Waals surface area (Å²) in [6.07, 6.45) is 1.47. The summed E-state index contributed by atoms with van der Waals surface area (Å²) in [5, 5.41) is 9.19. The van der Waals surface area contributed by atoms with Crippen molar-refractivity contribution in [3.63, 3.8) is 0 Å². The maximum absolute atomic E-state index is 12.2. The normalized spacial score (nSPS) is 10.0. The van der Waals surface area contributed by atoms with Gasteiger partial charge in [-0.25, -0.2) is 4.79 Å². The maximum atomic E-state index is 12.2. The van der Waals surface area contributed by atoms with Crippen LogP contribution in [0.1, 0.15) is 23.0 Å². The van der Waals surface area contributed by atoms with Gasteiger partial charge in [0.1, 0.15) is 17.6 Å². The van der Waals surface area contributed by atoms with Crippen molar-refractivity contribution in [1.82, 2.24) is 4.57 Å². The molecular weight excluding hydrogens is 298 g/mol. The highest BCUT2D eigenvalue weighted by Crippen LogP contribution is 2.32. The van der Waals surface area contributed by atoms with Crippen molar-refractivity contribution in [2.45, 2.75) is 6.92 Å². The number of aromatic nitrogens is 1. The third-order valence-corrected chi connectivity index (χ3v) is 3.28. The second kappa shape index (κ2) is 6.75. The highest BCUT2D eigenvalue weighted by Gasteiger charge is 2.24. The van der Waals surface area contributed by atoms with Gasteiger partial charge in [0.25, 0.3) is 0 Å². The topological polar surface area (TPSA) is 99.5 Å². The fourth-order valence-corrected chi connectivity index (χ4v) is 2.19. The number of benzene rings is 1. The largest absolute Gasteiger partial charge is 0.497 e. The van der Waals surface area contributed by atoms with Crippen molar-refractivity contribution in [1.29, 1.82) is 5.26 Å². The number of nitrogens with zero attached hydrogens (tertiary/aromatic N) is 2. The number of methoxy groups -OCH3 is 2. The molecule has 7 nitrogen and oxygen atoms in total. The molecule has 0 saturated carbocycles. The number of hydrogen-bond donors (Lipinski definition) is 1. The van der Waals surface area contributed by atoms with E-state index in [-0.39, 0.29) is 23.6 Å². The van der Waals surface area contributed by atoms with Crippen LogP contribution in [0.5, 0.6) is 11.5 Å². The maximum Gasteiger partial charge on any atom is 0.357 e. The molecule has 2 N–H and O–H groups in total. The molecule has 0 radical (unpaired) electrons. The molecule has 2 aromatic rings. The van der Waals surface area contributed by atoms with Gasteiger partial charge in [-0.1, -0.05) is 0 Å². The van der Waals surface area contributed by atoms with Gasteiger partial charge in [-0.05, 0) is 19.1 Å². The minimum Gasteiger partial charge on any atom is -0.497 e. The standard InChI is InChI=1S/C16H17N3O4/c1-4-23-16(20)15-14(18)10(8-17)9-19(15)12-7-11(21-2)5-6-13(12)22-3/h5-7,9H,4,18H2,1-3H3. The number of carbonyl (C=O) groups excluding carboxylic acids is 1. The Balaban J connectivity index is 2.73. The Labute approximate surface area is 133 Å². The Kier molecular flexibility index (Phi) is 4.76. The minimum absolute atomic E-state index is 0.0656. The minimum atomic E-state index is -0.614. The lowest BCUT2D eigenvalue weighted by Crippen LogP contribution is -2.13. The van der Waals surface area contributed by atoms with Gasteiger partial charge in [0.2, 0.25) is 0 Å². The fourth-order valence-electron chi connectivity index (χ4n) is 2.19. The van der Waals surface area contributed by atoms with Gasteiger partial charge in [-0.2, -0.15) is 5.26 Å². The van der Waals surface area contributed by atoms with E-state index in [1.807, 2.05) is 6.07 Å². The zero-order chi connectivity index (χ0) is 17.0. The summed E-state index contributed by atoms with van der Waals surface area (Å²) in [5.74, 6) is 0.452. The number of esters is 1. The molecule has 23 heavy (non-hydrogen) atoms. The van der Waals surface area contributed by atoms with Crippen molar-refractivity contribution in [3.8, 4) is 23.3 Å². The lowest BCUT2D eigenvalue weighted by Gasteiger charge is -2.14. The van der Waals surface area contributed by atoms with Crippen molar-refractivity contribution in [2.24, 2.45) is 0 Å². The number of hydrogen-bond acceptors (Lipinski definition) is 6. The molecule has 7 heteroatoms. The molecule has 0 aliphatic carbocycles. The van der Waals surface area contributed by atoms with Crippen LogP contribution in [0.3, 0.4) is 0 Å². The van der Waals surface area contributed by atoms with Gasteiger partial charge in [-0.3, -0.25) is 0 Å². The lowest BCUT2D eigenvalue weighted by molar-refractivity contribution is 0.0518. The number of nitrogen functional groups attached to an aromatic ring is 1. The van der Waals surface area contributed by atoms with E-state index < -0.39 is 5.97 Å². The van der Waals surface area contributed by atoms with Crippen LogP contribution in [0.4, 0.5) is 5.69 Å². The monoisotopic (exact) mass is 315 g/mol. The van der Waals surface area contributed by atoms with Crippen molar-refractivity contribution < 1.29 is 19.0 Å². The van der Waals surface area contributed by atoms with Gasteiger partial charge in [-0.15, -0.1) is 0 Å². The molecule has 120 valence electrons. The number of nitriles is 1. The van der Waals surface area contributed by atoms with E-state index in [9.17, 15) is 10.1 Å². The Morgan fingerprint density at radius 3 is 2.65 bits per heavy atom. The molecule has 0 unspecified atom stereocenters. The van der Waals surface area contributed by atoms with Gasteiger partial charge in [0.05, 0.1) is 37.8 Å².